The minimum atomic E-state index is -0.272. The van der Waals surface area contributed by atoms with E-state index in [4.69, 9.17) is 5.11 Å². The molecule has 120 valence electrons. The molecule has 2 aliphatic heterocycles. The molecule has 0 aromatic heterocycles. The second-order valence-electron chi connectivity index (χ2n) is 5.97. The molecule has 0 aliphatic carbocycles. The van der Waals surface area contributed by atoms with Gasteiger partial charge in [0.1, 0.15) is 0 Å². The number of rotatable bonds is 7. The Morgan fingerprint density at radius 1 is 1.29 bits per heavy atom. The van der Waals surface area contributed by atoms with E-state index in [9.17, 15) is 9.59 Å². The van der Waals surface area contributed by atoms with Crippen molar-refractivity contribution in [3.8, 4) is 0 Å². The number of carbonyl (C=O) groups excluding carboxylic acids is 2. The Bertz CT molecular complexity index is 353. The van der Waals surface area contributed by atoms with Crippen LogP contribution in [0, 0.1) is 5.92 Å². The third kappa shape index (κ3) is 4.66. The summed E-state index contributed by atoms with van der Waals surface area (Å²) in [4.78, 5) is 28.7. The van der Waals surface area contributed by atoms with E-state index in [0.29, 0.717) is 12.5 Å². The second-order valence-corrected chi connectivity index (χ2v) is 5.97. The average molecular weight is 298 g/mol. The normalized spacial score (nSPS) is 21.4. The summed E-state index contributed by atoms with van der Waals surface area (Å²) in [5.74, 6) is 0.527. The summed E-state index contributed by atoms with van der Waals surface area (Å²) in [5, 5.41) is 11.5. The Morgan fingerprint density at radius 2 is 2.00 bits per heavy atom. The van der Waals surface area contributed by atoms with Crippen molar-refractivity contribution in [2.45, 2.75) is 12.8 Å². The van der Waals surface area contributed by atoms with Crippen LogP contribution >= 0.6 is 0 Å². The number of amides is 3. The topological polar surface area (TPSA) is 76.1 Å². The molecule has 7 heteroatoms. The number of aliphatic hydroxyl groups is 1. The van der Waals surface area contributed by atoms with Gasteiger partial charge in [-0.05, 0) is 38.9 Å². The van der Waals surface area contributed by atoms with Crippen molar-refractivity contribution in [2.24, 2.45) is 5.92 Å². The summed E-state index contributed by atoms with van der Waals surface area (Å²) in [6, 6.07) is -0.272. The second kappa shape index (κ2) is 7.72. The van der Waals surface area contributed by atoms with Crippen LogP contribution in [0.5, 0.6) is 0 Å². The van der Waals surface area contributed by atoms with Crippen LogP contribution in [0.2, 0.25) is 0 Å². The highest BCUT2D eigenvalue weighted by atomic mass is 16.3. The van der Waals surface area contributed by atoms with Gasteiger partial charge in [0, 0.05) is 26.2 Å². The van der Waals surface area contributed by atoms with E-state index in [1.165, 1.54) is 4.90 Å². The molecule has 21 heavy (non-hydrogen) atoms. The molecule has 2 saturated heterocycles. The standard InChI is InChI=1S/C14H26N4O3/c1-16(6-7-18-13(20)10-15-14(18)21)11-12-2-4-17(5-3-12)8-9-19/h12,19H,2-11H2,1H3,(H,15,21). The van der Waals surface area contributed by atoms with E-state index in [1.807, 2.05) is 7.05 Å². The first-order valence-corrected chi connectivity index (χ1v) is 7.70. The van der Waals surface area contributed by atoms with Gasteiger partial charge in [0.2, 0.25) is 5.91 Å². The lowest BCUT2D eigenvalue weighted by molar-refractivity contribution is -0.125. The molecule has 2 rings (SSSR count). The third-order valence-electron chi connectivity index (χ3n) is 4.34. The average Bonchev–Trinajstić information content (AvgIpc) is 2.78. The van der Waals surface area contributed by atoms with Gasteiger partial charge >= 0.3 is 6.03 Å². The zero-order valence-corrected chi connectivity index (χ0v) is 12.8. The molecule has 3 amide bonds. The van der Waals surface area contributed by atoms with Crippen molar-refractivity contribution in [3.63, 3.8) is 0 Å². The monoisotopic (exact) mass is 298 g/mol. The highest BCUT2D eigenvalue weighted by molar-refractivity contribution is 6.01. The summed E-state index contributed by atoms with van der Waals surface area (Å²) in [5.41, 5.74) is 0. The first-order chi connectivity index (χ1) is 10.1. The molecule has 2 fully saturated rings. The molecule has 0 unspecified atom stereocenters. The van der Waals surface area contributed by atoms with Gasteiger partial charge in [0.25, 0.3) is 0 Å². The first kappa shape index (κ1) is 16.2. The molecular weight excluding hydrogens is 272 g/mol. The fraction of sp³-hybridized carbons (Fsp3) is 0.857. The number of urea groups is 1. The third-order valence-corrected chi connectivity index (χ3v) is 4.34. The molecule has 0 aromatic carbocycles. The predicted octanol–water partition coefficient (Wildman–Crippen LogP) is -0.826. The molecule has 0 atom stereocenters. The van der Waals surface area contributed by atoms with Gasteiger partial charge in [-0.15, -0.1) is 0 Å². The molecule has 2 N–H and O–H groups in total. The number of hydrogen-bond donors (Lipinski definition) is 2. The van der Waals surface area contributed by atoms with Gasteiger partial charge in [-0.1, -0.05) is 0 Å². The van der Waals surface area contributed by atoms with Crippen molar-refractivity contribution < 1.29 is 14.7 Å². The van der Waals surface area contributed by atoms with Crippen LogP contribution in [0.3, 0.4) is 0 Å². The summed E-state index contributed by atoms with van der Waals surface area (Å²) >= 11 is 0. The van der Waals surface area contributed by atoms with Crippen LogP contribution in [0.1, 0.15) is 12.8 Å². The number of nitrogens with zero attached hydrogens (tertiary/aromatic N) is 3. The van der Waals surface area contributed by atoms with Crippen LogP contribution in [-0.2, 0) is 4.79 Å². The van der Waals surface area contributed by atoms with E-state index in [2.05, 4.69) is 15.1 Å². The molecule has 0 aromatic rings. The first-order valence-electron chi connectivity index (χ1n) is 7.70. The zero-order chi connectivity index (χ0) is 15.2. The fourth-order valence-electron chi connectivity index (χ4n) is 3.02. The van der Waals surface area contributed by atoms with Crippen molar-refractivity contribution >= 4 is 11.9 Å². The maximum atomic E-state index is 11.5. The van der Waals surface area contributed by atoms with Crippen LogP contribution < -0.4 is 5.32 Å². The molecule has 2 aliphatic rings. The van der Waals surface area contributed by atoms with E-state index < -0.39 is 0 Å². The molecule has 7 nitrogen and oxygen atoms in total. The number of nitrogens with one attached hydrogen (secondary N) is 1. The lowest BCUT2D eigenvalue weighted by Gasteiger charge is -2.33. The van der Waals surface area contributed by atoms with Gasteiger partial charge in [-0.25, -0.2) is 4.79 Å². The molecule has 0 spiro atoms. The lowest BCUT2D eigenvalue weighted by Crippen LogP contribution is -2.41. The molecular formula is C14H26N4O3. The number of carbonyl (C=O) groups is 2. The number of likely N-dealkylation sites (N-methyl/N-ethyl adjacent to an activating group) is 1. The largest absolute Gasteiger partial charge is 0.395 e. The van der Waals surface area contributed by atoms with E-state index in [-0.39, 0.29) is 25.1 Å². The minimum absolute atomic E-state index is 0.131. The SMILES string of the molecule is CN(CCN1C(=O)CNC1=O)CC1CCN(CCO)CC1. The summed E-state index contributed by atoms with van der Waals surface area (Å²) in [7, 11) is 2.04. The van der Waals surface area contributed by atoms with E-state index in [0.717, 1.165) is 45.6 Å². The number of piperidine rings is 1. The predicted molar refractivity (Wildman–Crippen MR) is 78.9 cm³/mol. The van der Waals surface area contributed by atoms with Crippen LogP contribution in [0.15, 0.2) is 0 Å². The lowest BCUT2D eigenvalue weighted by atomic mass is 9.96. The minimum Gasteiger partial charge on any atom is -0.395 e. The smallest absolute Gasteiger partial charge is 0.324 e. The number of hydrogen-bond acceptors (Lipinski definition) is 5. The highest BCUT2D eigenvalue weighted by Crippen LogP contribution is 2.17. The van der Waals surface area contributed by atoms with Gasteiger partial charge in [-0.3, -0.25) is 9.69 Å². The van der Waals surface area contributed by atoms with Crippen molar-refractivity contribution in [1.29, 1.82) is 0 Å². The fourth-order valence-corrected chi connectivity index (χ4v) is 3.02. The van der Waals surface area contributed by atoms with Crippen LogP contribution in [-0.4, -0.2) is 91.2 Å². The Balaban J connectivity index is 1.65. The number of likely N-dealkylation sites (tertiary alicyclic amines) is 1. The Hall–Kier alpha value is -1.18. The zero-order valence-electron chi connectivity index (χ0n) is 12.8. The highest BCUT2D eigenvalue weighted by Gasteiger charge is 2.28. The number of imide groups is 1. The summed E-state index contributed by atoms with van der Waals surface area (Å²) < 4.78 is 0. The summed E-state index contributed by atoms with van der Waals surface area (Å²) in [6.45, 7) is 5.41. The summed E-state index contributed by atoms with van der Waals surface area (Å²) in [6.07, 6.45) is 2.29. The Kier molecular flexibility index (Phi) is 5.96. The maximum Gasteiger partial charge on any atom is 0.324 e. The quantitative estimate of drug-likeness (QED) is 0.600. The van der Waals surface area contributed by atoms with Crippen LogP contribution in [0.25, 0.3) is 0 Å². The van der Waals surface area contributed by atoms with Gasteiger partial charge in [0.05, 0.1) is 13.2 Å². The molecule has 0 saturated carbocycles. The van der Waals surface area contributed by atoms with Gasteiger partial charge < -0.3 is 20.2 Å². The Morgan fingerprint density at radius 3 is 2.57 bits per heavy atom. The number of aliphatic hydroxyl groups excluding tert-OH is 1. The van der Waals surface area contributed by atoms with Crippen molar-refractivity contribution in [2.75, 3.05) is 59.5 Å². The molecule has 0 bridgehead atoms. The van der Waals surface area contributed by atoms with Gasteiger partial charge in [0.15, 0.2) is 0 Å². The van der Waals surface area contributed by atoms with Gasteiger partial charge in [-0.2, -0.15) is 0 Å². The van der Waals surface area contributed by atoms with E-state index >= 15 is 0 Å². The number of β-amino-alcohol motifs (C(OH)–C–C–N with tert-alkyl or cyclic N) is 1. The Labute approximate surface area is 125 Å². The molecule has 2 heterocycles. The molecule has 0 radical (unpaired) electrons. The van der Waals surface area contributed by atoms with Crippen LogP contribution in [0.4, 0.5) is 4.79 Å². The van der Waals surface area contributed by atoms with Crippen molar-refractivity contribution in [3.05, 3.63) is 0 Å². The maximum absolute atomic E-state index is 11.5. The van der Waals surface area contributed by atoms with Crippen molar-refractivity contribution in [1.82, 2.24) is 20.0 Å². The van der Waals surface area contributed by atoms with E-state index in [1.54, 1.807) is 0 Å².